The van der Waals surface area contributed by atoms with Crippen molar-refractivity contribution < 1.29 is 34.1 Å². The van der Waals surface area contributed by atoms with Gasteiger partial charge in [0.2, 0.25) is 5.91 Å². The van der Waals surface area contributed by atoms with Gasteiger partial charge in [-0.25, -0.2) is 0 Å². The molecule has 0 aliphatic heterocycles. The van der Waals surface area contributed by atoms with Crippen molar-refractivity contribution in [2.45, 2.75) is 51.5 Å². The summed E-state index contributed by atoms with van der Waals surface area (Å²) in [6, 6.07) is 23.3. The second-order valence-electron chi connectivity index (χ2n) is 9.36. The lowest BCUT2D eigenvalue weighted by atomic mass is 10.1. The minimum Gasteiger partial charge on any atom is -0.497 e. The molecule has 0 aromatic heterocycles. The molecule has 240 valence electrons. The van der Waals surface area contributed by atoms with Gasteiger partial charge in [-0.3, -0.25) is 19.2 Å². The molecule has 0 aliphatic rings. The molecule has 44 heavy (non-hydrogen) atoms. The summed E-state index contributed by atoms with van der Waals surface area (Å²) in [6.45, 7) is 3.19. The van der Waals surface area contributed by atoms with E-state index in [1.807, 2.05) is 25.1 Å². The Kier molecular flexibility index (Phi) is 22.4. The molecule has 1 amide bonds. The molecule has 3 rings (SSSR count). The fourth-order valence-corrected chi connectivity index (χ4v) is 3.29. The maximum absolute atomic E-state index is 11.2. The first-order chi connectivity index (χ1) is 21.1. The van der Waals surface area contributed by atoms with E-state index in [0.29, 0.717) is 31.4 Å². The largest absolute Gasteiger partial charge is 0.497 e. The van der Waals surface area contributed by atoms with Crippen molar-refractivity contribution in [3.8, 4) is 5.75 Å². The molecular formula is C33H46N4O7. The van der Waals surface area contributed by atoms with E-state index in [1.54, 1.807) is 55.6 Å². The van der Waals surface area contributed by atoms with Gasteiger partial charge in [-0.15, -0.1) is 0 Å². The van der Waals surface area contributed by atoms with E-state index in [2.05, 4.69) is 17.4 Å². The van der Waals surface area contributed by atoms with Gasteiger partial charge in [0.05, 0.1) is 13.5 Å². The Morgan fingerprint density at radius 1 is 0.886 bits per heavy atom. The minimum atomic E-state index is -0.955. The van der Waals surface area contributed by atoms with Crippen LogP contribution in [0.25, 0.3) is 0 Å². The second-order valence-corrected chi connectivity index (χ2v) is 9.36. The molecule has 9 N–H and O–H groups in total. The quantitative estimate of drug-likeness (QED) is 0.154. The second kappa shape index (κ2) is 25.0. The van der Waals surface area contributed by atoms with E-state index in [4.69, 9.17) is 32.2 Å². The maximum Gasteiger partial charge on any atom is 0.320 e. The number of nitrogens with two attached hydrogens (primary N) is 3. The number of nitrogens with one attached hydrogen (secondary N) is 1. The standard InChI is InChI=1S/C11H13NO2.C9H10O3.C8H11N.C5H12N2O2/c1-2-3-11(14)12-10-6-4-9(8-13)5-7-10;1-12-8-4-2-7(3-5-8)6-9(10)11;9-7-6-8-4-2-1-3-5-8;6-3-1-2-4(7)5(8)9/h4-8H,2-3H2,1H3,(H,12,14);2-5H,6H2,1H3,(H,10,11);1-5H,6-7,9H2;4H,1-3,6-7H2,(H,8,9)/t;;;4-/m...0/s1. The maximum atomic E-state index is 11.2. The first kappa shape index (κ1) is 39.4. The molecule has 11 heteroatoms. The lowest BCUT2D eigenvalue weighted by molar-refractivity contribution is -0.139. The van der Waals surface area contributed by atoms with E-state index in [9.17, 15) is 19.2 Å². The van der Waals surface area contributed by atoms with Gasteiger partial charge < -0.3 is 37.5 Å². The molecule has 0 radical (unpaired) electrons. The Morgan fingerprint density at radius 3 is 1.95 bits per heavy atom. The number of carboxylic acids is 2. The molecule has 0 spiro atoms. The smallest absolute Gasteiger partial charge is 0.320 e. The lowest BCUT2D eigenvalue weighted by Gasteiger charge is -2.03. The topological polar surface area (TPSA) is 208 Å². The summed E-state index contributed by atoms with van der Waals surface area (Å²) in [7, 11) is 1.58. The van der Waals surface area contributed by atoms with Gasteiger partial charge in [-0.1, -0.05) is 49.4 Å². The fourth-order valence-electron chi connectivity index (χ4n) is 3.29. The molecule has 0 fully saturated rings. The zero-order valence-corrected chi connectivity index (χ0v) is 25.5. The van der Waals surface area contributed by atoms with Gasteiger partial charge in [-0.05, 0) is 86.3 Å². The molecule has 3 aromatic carbocycles. The number of carbonyl (C=O) groups excluding carboxylic acids is 2. The Balaban J connectivity index is 0.000000571. The number of hydrogen-bond donors (Lipinski definition) is 6. The van der Waals surface area contributed by atoms with Gasteiger partial charge in [-0.2, -0.15) is 0 Å². The van der Waals surface area contributed by atoms with Crippen LogP contribution in [-0.2, 0) is 27.2 Å². The number of hydrogen-bond acceptors (Lipinski definition) is 8. The minimum absolute atomic E-state index is 0.00588. The van der Waals surface area contributed by atoms with Crippen LogP contribution < -0.4 is 27.3 Å². The Hall–Kier alpha value is -4.58. The number of aliphatic carboxylic acids is 2. The van der Waals surface area contributed by atoms with E-state index < -0.39 is 18.0 Å². The average molecular weight is 611 g/mol. The van der Waals surface area contributed by atoms with Gasteiger partial charge in [0.15, 0.2) is 0 Å². The molecule has 0 heterocycles. The first-order valence-corrected chi connectivity index (χ1v) is 14.2. The van der Waals surface area contributed by atoms with Gasteiger partial charge in [0.25, 0.3) is 0 Å². The van der Waals surface area contributed by atoms with Crippen LogP contribution in [0.2, 0.25) is 0 Å². The normalized spacial score (nSPS) is 10.2. The molecule has 3 aromatic rings. The number of carboxylic acid groups (broad SMARTS) is 2. The van der Waals surface area contributed by atoms with Gasteiger partial charge >= 0.3 is 11.9 Å². The number of amides is 1. The molecule has 0 saturated carbocycles. The number of carbonyl (C=O) groups is 4. The van der Waals surface area contributed by atoms with Crippen molar-refractivity contribution >= 4 is 29.8 Å². The van der Waals surface area contributed by atoms with Crippen molar-refractivity contribution in [3.05, 3.63) is 95.6 Å². The monoisotopic (exact) mass is 610 g/mol. The number of anilines is 1. The first-order valence-electron chi connectivity index (χ1n) is 14.2. The highest BCUT2D eigenvalue weighted by molar-refractivity contribution is 5.91. The van der Waals surface area contributed by atoms with Gasteiger partial charge in [0.1, 0.15) is 18.1 Å². The van der Waals surface area contributed by atoms with Crippen LogP contribution in [0.1, 0.15) is 54.1 Å². The van der Waals surface area contributed by atoms with Crippen molar-refractivity contribution in [3.63, 3.8) is 0 Å². The third-order valence-electron chi connectivity index (χ3n) is 5.63. The molecule has 0 saturated heterocycles. The van der Waals surface area contributed by atoms with E-state index in [0.717, 1.165) is 42.7 Å². The van der Waals surface area contributed by atoms with Gasteiger partial charge in [0, 0.05) is 17.7 Å². The Labute approximate surface area is 259 Å². The molecular weight excluding hydrogens is 564 g/mol. The summed E-state index contributed by atoms with van der Waals surface area (Å²) >= 11 is 0. The van der Waals surface area contributed by atoms with E-state index in [1.165, 1.54) is 5.56 Å². The number of methoxy groups -OCH3 is 1. The summed E-state index contributed by atoms with van der Waals surface area (Å²) < 4.78 is 4.93. The Bertz CT molecular complexity index is 1210. The van der Waals surface area contributed by atoms with Crippen molar-refractivity contribution in [2.24, 2.45) is 17.2 Å². The van der Waals surface area contributed by atoms with E-state index >= 15 is 0 Å². The van der Waals surface area contributed by atoms with Crippen molar-refractivity contribution in [2.75, 3.05) is 25.5 Å². The predicted octanol–water partition coefficient (Wildman–Crippen LogP) is 3.89. The summed E-state index contributed by atoms with van der Waals surface area (Å²) in [6.07, 6.45) is 4.31. The fraction of sp³-hybridized carbons (Fsp3) is 0.333. The number of rotatable bonds is 13. The summed E-state index contributed by atoms with van der Waals surface area (Å²) in [4.78, 5) is 41.9. The zero-order chi connectivity index (χ0) is 33.2. The van der Waals surface area contributed by atoms with Crippen LogP contribution in [0.15, 0.2) is 78.9 Å². The predicted molar refractivity (Wildman–Crippen MR) is 173 cm³/mol. The average Bonchev–Trinajstić information content (AvgIpc) is 3.02. The highest BCUT2D eigenvalue weighted by Gasteiger charge is 2.08. The van der Waals surface area contributed by atoms with Crippen LogP contribution in [0.4, 0.5) is 5.69 Å². The van der Waals surface area contributed by atoms with Crippen molar-refractivity contribution in [1.29, 1.82) is 0 Å². The molecule has 0 bridgehead atoms. The molecule has 0 aliphatic carbocycles. The van der Waals surface area contributed by atoms with Crippen LogP contribution in [-0.4, -0.2) is 60.6 Å². The van der Waals surface area contributed by atoms with E-state index in [-0.39, 0.29) is 12.3 Å². The van der Waals surface area contributed by atoms with Crippen LogP contribution >= 0.6 is 0 Å². The zero-order valence-electron chi connectivity index (χ0n) is 25.5. The highest BCUT2D eigenvalue weighted by atomic mass is 16.5. The SMILES string of the molecule is CCCC(=O)Nc1ccc(C=O)cc1.COc1ccc(CC(=O)O)cc1.NCCC[C@H](N)C(=O)O.NCCc1ccccc1. The van der Waals surface area contributed by atoms with Crippen LogP contribution in [0, 0.1) is 0 Å². The molecule has 11 nitrogen and oxygen atoms in total. The third-order valence-corrected chi connectivity index (χ3v) is 5.63. The summed E-state index contributed by atoms with van der Waals surface area (Å²) in [5, 5.41) is 19.4. The summed E-state index contributed by atoms with van der Waals surface area (Å²) in [5.41, 5.74) is 19.1. The molecule has 1 atom stereocenters. The number of aldehydes is 1. The van der Waals surface area contributed by atoms with Crippen LogP contribution in [0.3, 0.4) is 0 Å². The highest BCUT2D eigenvalue weighted by Crippen LogP contribution is 2.11. The van der Waals surface area contributed by atoms with Crippen LogP contribution in [0.5, 0.6) is 5.75 Å². The lowest BCUT2D eigenvalue weighted by Crippen LogP contribution is -2.30. The Morgan fingerprint density at radius 2 is 1.50 bits per heavy atom. The third kappa shape index (κ3) is 20.3. The number of benzene rings is 3. The molecule has 0 unspecified atom stereocenters. The summed E-state index contributed by atoms with van der Waals surface area (Å²) in [5.74, 6) is -1.03. The van der Waals surface area contributed by atoms with Crippen molar-refractivity contribution in [1.82, 2.24) is 0 Å². The number of ether oxygens (including phenoxy) is 1.